The van der Waals surface area contributed by atoms with E-state index in [-0.39, 0.29) is 29.2 Å². The molecule has 7 rings (SSSR count). The number of ether oxygens (including phenoxy) is 1. The summed E-state index contributed by atoms with van der Waals surface area (Å²) in [5.41, 5.74) is 3.83. The van der Waals surface area contributed by atoms with Crippen molar-refractivity contribution in [3.63, 3.8) is 0 Å². The van der Waals surface area contributed by atoms with E-state index >= 15 is 0 Å². The number of aliphatic hydroxyl groups is 1. The average molecular weight is 466 g/mol. The Labute approximate surface area is 204 Å². The number of guanidine groups is 1. The number of para-hydroxylation sites is 2. The molecule has 2 bridgehead atoms. The molecule has 0 aromatic heterocycles. The molecule has 2 heterocycles. The maximum Gasteiger partial charge on any atom is 0.203 e. The van der Waals surface area contributed by atoms with Crippen LogP contribution in [0.1, 0.15) is 17.5 Å². The quantitative estimate of drug-likeness (QED) is 0.298. The molecule has 3 aromatic carbocycles. The minimum absolute atomic E-state index is 0.138. The fourth-order valence-electron chi connectivity index (χ4n) is 6.76. The molecule has 6 heteroatoms. The summed E-state index contributed by atoms with van der Waals surface area (Å²) in [7, 11) is 0. The molecule has 2 aliphatic carbocycles. The third-order valence-electron chi connectivity index (χ3n) is 8.17. The van der Waals surface area contributed by atoms with Crippen LogP contribution in [0, 0.1) is 5.92 Å². The molecular weight excluding hydrogens is 438 g/mol. The Morgan fingerprint density at radius 3 is 2.57 bits per heavy atom. The number of rotatable bonds is 2. The van der Waals surface area contributed by atoms with Crippen molar-refractivity contribution in [1.82, 2.24) is 4.90 Å². The van der Waals surface area contributed by atoms with Gasteiger partial charge >= 0.3 is 0 Å². The van der Waals surface area contributed by atoms with Crippen molar-refractivity contribution < 1.29 is 14.9 Å². The lowest BCUT2D eigenvalue weighted by Gasteiger charge is -2.57. The van der Waals surface area contributed by atoms with Crippen molar-refractivity contribution in [3.05, 3.63) is 96.1 Å². The summed E-state index contributed by atoms with van der Waals surface area (Å²) >= 11 is 0. The third kappa shape index (κ3) is 2.96. The average Bonchev–Trinajstić information content (AvgIpc) is 3.23. The normalized spacial score (nSPS) is 30.0. The zero-order valence-electron chi connectivity index (χ0n) is 19.2. The van der Waals surface area contributed by atoms with E-state index in [1.807, 2.05) is 60.7 Å². The number of hydrogen-bond acceptors (Lipinski definition) is 4. The third-order valence-corrected chi connectivity index (χ3v) is 8.17. The summed E-state index contributed by atoms with van der Waals surface area (Å²) in [4.78, 5) is 7.46. The summed E-state index contributed by atoms with van der Waals surface area (Å²) in [5, 5.41) is 25.1. The molecule has 1 fully saturated rings. The SMILES string of the molecule is Oc1ccc2c3c1OC1C(O)C=CC4C(C2)N(/C(=N/c2ccccc2)Nc2ccccc2)CCC341. The lowest BCUT2D eigenvalue weighted by molar-refractivity contribution is -0.0362. The van der Waals surface area contributed by atoms with Gasteiger partial charge in [-0.25, -0.2) is 4.99 Å². The van der Waals surface area contributed by atoms with E-state index in [0.717, 1.165) is 42.3 Å². The first-order chi connectivity index (χ1) is 17.1. The Hall–Kier alpha value is -3.77. The van der Waals surface area contributed by atoms with Crippen molar-refractivity contribution in [2.24, 2.45) is 10.9 Å². The first-order valence-corrected chi connectivity index (χ1v) is 12.3. The maximum absolute atomic E-state index is 10.9. The number of anilines is 1. The van der Waals surface area contributed by atoms with Gasteiger partial charge in [-0.15, -0.1) is 0 Å². The summed E-state index contributed by atoms with van der Waals surface area (Å²) in [5.74, 6) is 1.68. The number of phenols is 1. The lowest BCUT2D eigenvalue weighted by Crippen LogP contribution is -2.66. The molecule has 0 saturated carbocycles. The van der Waals surface area contributed by atoms with Crippen molar-refractivity contribution in [3.8, 4) is 11.5 Å². The van der Waals surface area contributed by atoms with Gasteiger partial charge in [-0.05, 0) is 48.7 Å². The topological polar surface area (TPSA) is 77.3 Å². The number of nitrogens with one attached hydrogen (secondary N) is 1. The molecule has 6 nitrogen and oxygen atoms in total. The second kappa shape index (κ2) is 7.62. The van der Waals surface area contributed by atoms with Crippen LogP contribution in [0.3, 0.4) is 0 Å². The van der Waals surface area contributed by atoms with Crippen molar-refractivity contribution in [2.75, 3.05) is 11.9 Å². The highest BCUT2D eigenvalue weighted by Gasteiger charge is 2.65. The van der Waals surface area contributed by atoms with Crippen LogP contribution in [0.25, 0.3) is 0 Å². The van der Waals surface area contributed by atoms with Crippen molar-refractivity contribution in [1.29, 1.82) is 0 Å². The Morgan fingerprint density at radius 1 is 1.00 bits per heavy atom. The van der Waals surface area contributed by atoms with Crippen LogP contribution < -0.4 is 10.1 Å². The minimum Gasteiger partial charge on any atom is -0.504 e. The predicted octanol–water partition coefficient (Wildman–Crippen LogP) is 4.37. The number of aliphatic hydroxyl groups excluding tert-OH is 1. The van der Waals surface area contributed by atoms with Crippen molar-refractivity contribution >= 4 is 17.3 Å². The van der Waals surface area contributed by atoms with Crippen LogP contribution >= 0.6 is 0 Å². The number of aliphatic imine (C=N–C) groups is 1. The molecule has 0 radical (unpaired) electrons. The summed E-state index contributed by atoms with van der Waals surface area (Å²) < 4.78 is 6.29. The number of nitrogens with zero attached hydrogens (tertiary/aromatic N) is 2. The molecule has 3 aromatic rings. The molecule has 4 aliphatic rings. The molecule has 176 valence electrons. The second-order valence-electron chi connectivity index (χ2n) is 9.90. The number of benzene rings is 3. The van der Waals surface area contributed by atoms with Gasteiger partial charge in [-0.1, -0.05) is 54.6 Å². The lowest BCUT2D eigenvalue weighted by atomic mass is 9.53. The largest absolute Gasteiger partial charge is 0.504 e. The Kier molecular flexibility index (Phi) is 4.48. The molecule has 35 heavy (non-hydrogen) atoms. The van der Waals surface area contributed by atoms with Gasteiger partial charge in [0.25, 0.3) is 0 Å². The highest BCUT2D eigenvalue weighted by atomic mass is 16.5. The molecule has 0 amide bonds. The number of hydrogen-bond donors (Lipinski definition) is 3. The van der Waals surface area contributed by atoms with Crippen LogP contribution in [0.15, 0.2) is 89.9 Å². The van der Waals surface area contributed by atoms with Gasteiger partial charge in [-0.2, -0.15) is 0 Å². The van der Waals surface area contributed by atoms with Gasteiger partial charge in [0.15, 0.2) is 11.5 Å². The van der Waals surface area contributed by atoms with Crippen LogP contribution in [0.2, 0.25) is 0 Å². The molecule has 1 spiro atoms. The molecule has 5 unspecified atom stereocenters. The van der Waals surface area contributed by atoms with Gasteiger partial charge in [-0.3, -0.25) is 0 Å². The van der Waals surface area contributed by atoms with Gasteiger partial charge in [0.1, 0.15) is 12.2 Å². The molecule has 2 aliphatic heterocycles. The predicted molar refractivity (Wildman–Crippen MR) is 135 cm³/mol. The summed E-state index contributed by atoms with van der Waals surface area (Å²) in [6, 6.07) is 24.1. The molecule has 3 N–H and O–H groups in total. The zero-order valence-corrected chi connectivity index (χ0v) is 19.2. The maximum atomic E-state index is 10.9. The monoisotopic (exact) mass is 465 g/mol. The fraction of sp³-hybridized carbons (Fsp3) is 0.276. The number of likely N-dealkylation sites (tertiary alicyclic amines) is 1. The number of piperidine rings is 1. The van der Waals surface area contributed by atoms with E-state index in [0.29, 0.717) is 5.75 Å². The Morgan fingerprint density at radius 2 is 1.77 bits per heavy atom. The van der Waals surface area contributed by atoms with Crippen LogP contribution in [0.5, 0.6) is 11.5 Å². The summed E-state index contributed by atoms with van der Waals surface area (Å²) in [6.07, 6.45) is 4.57. The second-order valence-corrected chi connectivity index (χ2v) is 9.90. The fourth-order valence-corrected chi connectivity index (χ4v) is 6.76. The number of aromatic hydroxyl groups is 1. The standard InChI is InChI=1S/C29H27N3O3/c33-23-13-11-18-17-22-21-12-14-24(34)27-29(21,25(18)26(23)35-27)15-16-32(22)28(30-19-7-3-1-4-8-19)31-20-9-5-2-6-10-20/h1-14,21-22,24,27,33-34H,15-17H2,(H,30,31). The van der Waals surface area contributed by atoms with Gasteiger partial charge in [0.05, 0.1) is 5.69 Å². The highest BCUT2D eigenvalue weighted by Crippen LogP contribution is 2.62. The summed E-state index contributed by atoms with van der Waals surface area (Å²) in [6.45, 7) is 0.765. The first-order valence-electron chi connectivity index (χ1n) is 12.3. The smallest absolute Gasteiger partial charge is 0.203 e. The van der Waals surface area contributed by atoms with Gasteiger partial charge in [0.2, 0.25) is 5.96 Å². The van der Waals surface area contributed by atoms with E-state index in [1.165, 1.54) is 5.56 Å². The van der Waals surface area contributed by atoms with E-state index in [4.69, 9.17) is 9.73 Å². The molecular formula is C29H27N3O3. The van der Waals surface area contributed by atoms with Gasteiger partial charge in [0, 0.05) is 35.2 Å². The first kappa shape index (κ1) is 20.6. The van der Waals surface area contributed by atoms with E-state index in [2.05, 4.69) is 28.4 Å². The highest BCUT2D eigenvalue weighted by molar-refractivity contribution is 5.96. The van der Waals surface area contributed by atoms with E-state index < -0.39 is 6.10 Å². The van der Waals surface area contributed by atoms with Crippen LogP contribution in [0.4, 0.5) is 11.4 Å². The van der Waals surface area contributed by atoms with Crippen LogP contribution in [-0.4, -0.2) is 45.9 Å². The van der Waals surface area contributed by atoms with E-state index in [9.17, 15) is 10.2 Å². The van der Waals surface area contributed by atoms with Gasteiger partial charge < -0.3 is 25.2 Å². The van der Waals surface area contributed by atoms with Crippen LogP contribution in [-0.2, 0) is 11.8 Å². The molecule has 1 saturated heterocycles. The minimum atomic E-state index is -0.698. The molecule has 5 atom stereocenters. The van der Waals surface area contributed by atoms with E-state index in [1.54, 1.807) is 6.07 Å². The Bertz CT molecular complexity index is 1340. The zero-order chi connectivity index (χ0) is 23.6. The number of phenolic OH excluding ortho intramolecular Hbond substituents is 1. The Balaban J connectivity index is 1.36. The van der Waals surface area contributed by atoms with Crippen molar-refractivity contribution in [2.45, 2.75) is 36.5 Å².